The van der Waals surface area contributed by atoms with Crippen LogP contribution in [0, 0.1) is 0 Å². The van der Waals surface area contributed by atoms with Crippen molar-refractivity contribution < 1.29 is 9.47 Å². The van der Waals surface area contributed by atoms with Crippen LogP contribution in [0.2, 0.25) is 0 Å². The quantitative estimate of drug-likeness (QED) is 0.362. The molecule has 172 valence electrons. The maximum absolute atomic E-state index is 5.86. The summed E-state index contributed by atoms with van der Waals surface area (Å²) in [4.78, 5) is 6.80. The molecule has 2 atom stereocenters. The Balaban J connectivity index is 1.62. The number of pyridine rings is 1. The molecule has 34 heavy (non-hydrogen) atoms. The van der Waals surface area contributed by atoms with Crippen molar-refractivity contribution in [3.05, 3.63) is 103 Å². The van der Waals surface area contributed by atoms with Gasteiger partial charge < -0.3 is 24.3 Å². The van der Waals surface area contributed by atoms with Crippen molar-refractivity contribution >= 4 is 23.0 Å². The Morgan fingerprint density at radius 3 is 2.53 bits per heavy atom. The summed E-state index contributed by atoms with van der Waals surface area (Å²) in [6.07, 6.45) is 3.89. The maximum Gasteiger partial charge on any atom is 0.174 e. The molecule has 0 unspecified atom stereocenters. The van der Waals surface area contributed by atoms with Gasteiger partial charge in [-0.25, -0.2) is 0 Å². The van der Waals surface area contributed by atoms with Crippen molar-refractivity contribution in [3.8, 4) is 17.2 Å². The molecule has 2 aromatic heterocycles. The summed E-state index contributed by atoms with van der Waals surface area (Å²) in [5, 5.41) is 4.17. The van der Waals surface area contributed by atoms with E-state index in [0.29, 0.717) is 11.7 Å². The first-order valence-electron chi connectivity index (χ1n) is 11.2. The summed E-state index contributed by atoms with van der Waals surface area (Å²) in [5.41, 5.74) is 4.03. The lowest BCUT2D eigenvalue weighted by atomic mass is 10.0. The molecule has 0 bridgehead atoms. The van der Waals surface area contributed by atoms with Gasteiger partial charge in [-0.15, -0.1) is 0 Å². The largest absolute Gasteiger partial charge is 0.497 e. The average molecular weight is 471 g/mol. The van der Waals surface area contributed by atoms with Crippen LogP contribution in [0.15, 0.2) is 91.3 Å². The molecule has 1 fully saturated rings. The summed E-state index contributed by atoms with van der Waals surface area (Å²) in [6, 6.07) is 26.0. The molecule has 5 rings (SSSR count). The fourth-order valence-electron chi connectivity index (χ4n) is 4.43. The molecule has 1 saturated heterocycles. The standard InChI is InChI=1S/C27H26N4O2S/c1-3-33-21-14-12-19(13-15-21)30-17-7-11-24(30)26-25(23-10-4-5-16-28-23)29-27(34)31(26)20-8-6-9-22(18-20)32-2/h4-18,25-26H,3H2,1-2H3,(H,29,34)/t25-,26-/m1/s1. The van der Waals surface area contributed by atoms with Gasteiger partial charge in [0.05, 0.1) is 25.5 Å². The van der Waals surface area contributed by atoms with Gasteiger partial charge in [-0.2, -0.15) is 0 Å². The van der Waals surface area contributed by atoms with Gasteiger partial charge in [-0.05, 0) is 79.8 Å². The number of rotatable bonds is 7. The topological polar surface area (TPSA) is 51.5 Å². The van der Waals surface area contributed by atoms with Gasteiger partial charge in [-0.3, -0.25) is 4.98 Å². The van der Waals surface area contributed by atoms with Gasteiger partial charge in [0.25, 0.3) is 0 Å². The van der Waals surface area contributed by atoms with Crippen molar-refractivity contribution in [1.29, 1.82) is 0 Å². The minimum Gasteiger partial charge on any atom is -0.497 e. The summed E-state index contributed by atoms with van der Waals surface area (Å²) in [6.45, 7) is 2.62. The highest BCUT2D eigenvalue weighted by Gasteiger charge is 2.42. The lowest BCUT2D eigenvalue weighted by molar-refractivity contribution is 0.340. The fourth-order valence-corrected chi connectivity index (χ4v) is 4.78. The Bertz CT molecular complexity index is 1270. The minimum atomic E-state index is -0.129. The number of hydrogen-bond donors (Lipinski definition) is 1. The number of nitrogens with one attached hydrogen (secondary N) is 1. The van der Waals surface area contributed by atoms with E-state index in [9.17, 15) is 0 Å². The van der Waals surface area contributed by atoms with Crippen molar-refractivity contribution in [1.82, 2.24) is 14.9 Å². The van der Waals surface area contributed by atoms with E-state index in [1.807, 2.05) is 61.7 Å². The number of hydrogen-bond acceptors (Lipinski definition) is 4. The van der Waals surface area contributed by atoms with E-state index in [-0.39, 0.29) is 12.1 Å². The second kappa shape index (κ2) is 9.57. The van der Waals surface area contributed by atoms with Crippen LogP contribution >= 0.6 is 12.2 Å². The molecule has 1 N–H and O–H groups in total. The van der Waals surface area contributed by atoms with Crippen LogP contribution in [-0.2, 0) is 0 Å². The highest BCUT2D eigenvalue weighted by molar-refractivity contribution is 7.80. The number of thiocarbonyl (C=S) groups is 1. The van der Waals surface area contributed by atoms with E-state index >= 15 is 0 Å². The van der Waals surface area contributed by atoms with Crippen LogP contribution in [-0.4, -0.2) is 28.4 Å². The molecular formula is C27H26N4O2S. The molecule has 4 aromatic rings. The van der Waals surface area contributed by atoms with Crippen molar-refractivity contribution in [2.45, 2.75) is 19.0 Å². The molecule has 7 heteroatoms. The summed E-state index contributed by atoms with van der Waals surface area (Å²) >= 11 is 5.86. The summed E-state index contributed by atoms with van der Waals surface area (Å²) in [5.74, 6) is 1.63. The van der Waals surface area contributed by atoms with Crippen LogP contribution in [0.3, 0.4) is 0 Å². The third-order valence-corrected chi connectivity index (χ3v) is 6.25. The van der Waals surface area contributed by atoms with Gasteiger partial charge in [0.1, 0.15) is 17.5 Å². The maximum atomic E-state index is 5.86. The molecule has 3 heterocycles. The molecule has 1 aliphatic rings. The zero-order valence-electron chi connectivity index (χ0n) is 19.1. The minimum absolute atomic E-state index is 0.128. The molecule has 0 saturated carbocycles. The number of methoxy groups -OCH3 is 1. The first kappa shape index (κ1) is 22.0. The van der Waals surface area contributed by atoms with Crippen LogP contribution in [0.25, 0.3) is 5.69 Å². The molecule has 0 aliphatic carbocycles. The second-order valence-electron chi connectivity index (χ2n) is 7.93. The monoisotopic (exact) mass is 470 g/mol. The Labute approximate surface area is 204 Å². The number of anilines is 1. The molecule has 6 nitrogen and oxygen atoms in total. The van der Waals surface area contributed by atoms with E-state index in [4.69, 9.17) is 21.7 Å². The zero-order valence-corrected chi connectivity index (χ0v) is 19.9. The first-order valence-corrected chi connectivity index (χ1v) is 11.7. The third kappa shape index (κ3) is 4.10. The van der Waals surface area contributed by atoms with E-state index in [1.165, 1.54) is 0 Å². The van der Waals surface area contributed by atoms with Crippen LogP contribution in [0.4, 0.5) is 5.69 Å². The SMILES string of the molecule is CCOc1ccc(-n2cccc2[C@@H]2[C@@H](c3ccccn3)NC(=S)N2c2cccc(OC)c2)cc1. The Kier molecular flexibility index (Phi) is 6.18. The second-order valence-corrected chi connectivity index (χ2v) is 8.31. The number of ether oxygens (including phenoxy) is 2. The number of nitrogens with zero attached hydrogens (tertiary/aromatic N) is 3. The zero-order chi connectivity index (χ0) is 23.5. The first-order chi connectivity index (χ1) is 16.7. The number of benzene rings is 2. The van der Waals surface area contributed by atoms with E-state index in [2.05, 4.69) is 56.3 Å². The molecule has 2 aromatic carbocycles. The van der Waals surface area contributed by atoms with E-state index in [0.717, 1.165) is 34.3 Å². The van der Waals surface area contributed by atoms with Gasteiger partial charge in [0.2, 0.25) is 0 Å². The summed E-state index contributed by atoms with van der Waals surface area (Å²) in [7, 11) is 1.67. The Hall–Kier alpha value is -3.84. The van der Waals surface area contributed by atoms with Crippen molar-refractivity contribution in [2.24, 2.45) is 0 Å². The molecule has 1 aliphatic heterocycles. The number of aromatic nitrogens is 2. The van der Waals surface area contributed by atoms with Gasteiger partial charge in [-0.1, -0.05) is 12.1 Å². The van der Waals surface area contributed by atoms with Crippen LogP contribution in [0.5, 0.6) is 11.5 Å². The summed E-state index contributed by atoms with van der Waals surface area (Å²) < 4.78 is 13.3. The lowest BCUT2D eigenvalue weighted by Gasteiger charge is -2.29. The third-order valence-electron chi connectivity index (χ3n) is 5.94. The van der Waals surface area contributed by atoms with Gasteiger partial charge in [0.15, 0.2) is 5.11 Å². The van der Waals surface area contributed by atoms with Gasteiger partial charge in [0, 0.05) is 35.5 Å². The Morgan fingerprint density at radius 1 is 0.941 bits per heavy atom. The molecule has 0 spiro atoms. The average Bonchev–Trinajstić information content (AvgIpc) is 3.49. The van der Waals surface area contributed by atoms with E-state index in [1.54, 1.807) is 7.11 Å². The normalized spacial score (nSPS) is 17.5. The van der Waals surface area contributed by atoms with Crippen molar-refractivity contribution in [2.75, 3.05) is 18.6 Å². The van der Waals surface area contributed by atoms with Gasteiger partial charge >= 0.3 is 0 Å². The highest BCUT2D eigenvalue weighted by Crippen LogP contribution is 2.42. The van der Waals surface area contributed by atoms with Crippen LogP contribution in [0.1, 0.15) is 30.4 Å². The van der Waals surface area contributed by atoms with E-state index < -0.39 is 0 Å². The molecule has 0 amide bonds. The fraction of sp³-hybridized carbons (Fsp3) is 0.185. The molecule has 0 radical (unpaired) electrons. The predicted molar refractivity (Wildman–Crippen MR) is 138 cm³/mol. The molecular weight excluding hydrogens is 444 g/mol. The van der Waals surface area contributed by atoms with Crippen molar-refractivity contribution in [3.63, 3.8) is 0 Å². The van der Waals surface area contributed by atoms with Crippen LogP contribution < -0.4 is 19.7 Å². The highest BCUT2D eigenvalue weighted by atomic mass is 32.1. The predicted octanol–water partition coefficient (Wildman–Crippen LogP) is 5.46. The lowest BCUT2D eigenvalue weighted by Crippen LogP contribution is -2.30. The smallest absolute Gasteiger partial charge is 0.174 e. The Morgan fingerprint density at radius 2 is 1.79 bits per heavy atom.